The predicted octanol–water partition coefficient (Wildman–Crippen LogP) is 12.1. The number of nitrogens with zero attached hydrogens (tertiary/aromatic N) is 5. The molecule has 0 radical (unpaired) electrons. The summed E-state index contributed by atoms with van der Waals surface area (Å²) in [5.41, 5.74) is 9.70. The van der Waals surface area contributed by atoms with Crippen molar-refractivity contribution in [2.45, 2.75) is 0 Å². The molecule has 6 nitrogen and oxygen atoms in total. The van der Waals surface area contributed by atoms with Crippen molar-refractivity contribution < 1.29 is 4.42 Å². The first-order valence-electron chi connectivity index (χ1n) is 18.0. The molecule has 0 bridgehead atoms. The first-order chi connectivity index (χ1) is 26.7. The zero-order chi connectivity index (χ0) is 35.6. The number of furan rings is 1. The van der Waals surface area contributed by atoms with E-state index < -0.39 is 0 Å². The SMILES string of the molecule is c1ccc(-n2c3ccccc3c3ccccc32)c(-c2nc(-c3ccc(-c4ccc5ccccc5c4)cc3)nc(-c3ccc4c(c3)oc3ccncc34)n2)c1. The summed E-state index contributed by atoms with van der Waals surface area (Å²) in [4.78, 5) is 19.8. The van der Waals surface area contributed by atoms with E-state index in [1.54, 1.807) is 6.20 Å². The van der Waals surface area contributed by atoms with E-state index in [4.69, 9.17) is 19.4 Å². The van der Waals surface area contributed by atoms with E-state index in [-0.39, 0.29) is 0 Å². The maximum atomic E-state index is 6.26. The van der Waals surface area contributed by atoms with Crippen molar-refractivity contribution in [2.75, 3.05) is 0 Å². The Balaban J connectivity index is 1.10. The van der Waals surface area contributed by atoms with Gasteiger partial charge in [0.05, 0.1) is 16.7 Å². The Hall–Kier alpha value is -7.44. The molecule has 0 saturated heterocycles. The van der Waals surface area contributed by atoms with Gasteiger partial charge in [-0.25, -0.2) is 15.0 Å². The van der Waals surface area contributed by atoms with E-state index in [9.17, 15) is 0 Å². The third kappa shape index (κ3) is 4.89. The molecule has 0 amide bonds. The Bertz CT molecular complexity index is 3180. The largest absolute Gasteiger partial charge is 0.456 e. The highest BCUT2D eigenvalue weighted by atomic mass is 16.3. The van der Waals surface area contributed by atoms with Crippen LogP contribution in [0.1, 0.15) is 0 Å². The van der Waals surface area contributed by atoms with Crippen LogP contribution < -0.4 is 0 Å². The van der Waals surface area contributed by atoms with Gasteiger partial charge in [-0.1, -0.05) is 115 Å². The van der Waals surface area contributed by atoms with E-state index in [1.165, 1.54) is 21.5 Å². The lowest BCUT2D eigenvalue weighted by atomic mass is 10.00. The molecule has 0 saturated carbocycles. The minimum atomic E-state index is 0.561. The van der Waals surface area contributed by atoms with Crippen molar-refractivity contribution in [1.29, 1.82) is 0 Å². The Morgan fingerprint density at radius 1 is 0.407 bits per heavy atom. The number of fused-ring (bicyclic) bond motifs is 7. The van der Waals surface area contributed by atoms with Crippen molar-refractivity contribution in [3.63, 3.8) is 0 Å². The summed E-state index contributed by atoms with van der Waals surface area (Å²) < 4.78 is 8.58. The fourth-order valence-corrected chi connectivity index (χ4v) is 7.73. The van der Waals surface area contributed by atoms with E-state index in [0.29, 0.717) is 17.5 Å². The molecule has 0 fully saturated rings. The van der Waals surface area contributed by atoms with Crippen molar-refractivity contribution in [1.82, 2.24) is 24.5 Å². The van der Waals surface area contributed by atoms with Crippen LogP contribution in [0.2, 0.25) is 0 Å². The van der Waals surface area contributed by atoms with Gasteiger partial charge in [0, 0.05) is 50.6 Å². The maximum Gasteiger partial charge on any atom is 0.166 e. The van der Waals surface area contributed by atoms with Crippen LogP contribution in [-0.2, 0) is 0 Å². The van der Waals surface area contributed by atoms with Crippen molar-refractivity contribution in [2.24, 2.45) is 0 Å². The van der Waals surface area contributed by atoms with Gasteiger partial charge < -0.3 is 8.98 Å². The molecule has 54 heavy (non-hydrogen) atoms. The number of hydrogen-bond donors (Lipinski definition) is 0. The second-order valence-corrected chi connectivity index (χ2v) is 13.5. The molecular weight excluding hydrogens is 663 g/mol. The molecule has 11 rings (SSSR count). The summed E-state index contributed by atoms with van der Waals surface area (Å²) in [5, 5.41) is 6.80. The van der Waals surface area contributed by atoms with Gasteiger partial charge in [0.1, 0.15) is 11.2 Å². The van der Waals surface area contributed by atoms with Crippen LogP contribution >= 0.6 is 0 Å². The summed E-state index contributed by atoms with van der Waals surface area (Å²) in [7, 11) is 0. The highest BCUT2D eigenvalue weighted by molar-refractivity contribution is 6.10. The van der Waals surface area contributed by atoms with Crippen LogP contribution in [0.3, 0.4) is 0 Å². The third-order valence-corrected chi connectivity index (χ3v) is 10.4. The Labute approximate surface area is 309 Å². The molecule has 4 heterocycles. The van der Waals surface area contributed by atoms with Gasteiger partial charge in [0.2, 0.25) is 0 Å². The first-order valence-corrected chi connectivity index (χ1v) is 18.0. The minimum Gasteiger partial charge on any atom is -0.456 e. The van der Waals surface area contributed by atoms with E-state index in [0.717, 1.165) is 66.5 Å². The molecular formula is C48H29N5O. The lowest BCUT2D eigenvalue weighted by Crippen LogP contribution is -2.03. The van der Waals surface area contributed by atoms with E-state index in [2.05, 4.69) is 155 Å². The van der Waals surface area contributed by atoms with Crippen molar-refractivity contribution >= 4 is 54.5 Å². The van der Waals surface area contributed by atoms with Crippen molar-refractivity contribution in [3.8, 4) is 51.0 Å². The van der Waals surface area contributed by atoms with Crippen LogP contribution in [-0.4, -0.2) is 24.5 Å². The number of hydrogen-bond acceptors (Lipinski definition) is 5. The third-order valence-electron chi connectivity index (χ3n) is 10.4. The van der Waals surface area contributed by atoms with Gasteiger partial charge in [-0.05, 0) is 70.4 Å². The van der Waals surface area contributed by atoms with Gasteiger partial charge in [0.25, 0.3) is 0 Å². The zero-order valence-electron chi connectivity index (χ0n) is 28.9. The number of rotatable bonds is 5. The van der Waals surface area contributed by atoms with Crippen LogP contribution in [0.25, 0.3) is 105 Å². The summed E-state index contributed by atoms with van der Waals surface area (Å²) in [6, 6.07) is 56.9. The highest BCUT2D eigenvalue weighted by Crippen LogP contribution is 2.37. The van der Waals surface area contributed by atoms with Gasteiger partial charge in [-0.15, -0.1) is 0 Å². The average Bonchev–Trinajstić information content (AvgIpc) is 3.79. The molecule has 0 aliphatic carbocycles. The highest BCUT2D eigenvalue weighted by Gasteiger charge is 2.20. The summed E-state index contributed by atoms with van der Waals surface area (Å²) in [6.45, 7) is 0. The summed E-state index contributed by atoms with van der Waals surface area (Å²) >= 11 is 0. The lowest BCUT2D eigenvalue weighted by Gasteiger charge is -2.14. The van der Waals surface area contributed by atoms with E-state index in [1.807, 2.05) is 24.4 Å². The monoisotopic (exact) mass is 691 g/mol. The van der Waals surface area contributed by atoms with E-state index >= 15 is 0 Å². The molecule has 0 atom stereocenters. The molecule has 7 aromatic carbocycles. The Morgan fingerprint density at radius 2 is 1.04 bits per heavy atom. The van der Waals surface area contributed by atoms with Gasteiger partial charge in [0.15, 0.2) is 17.5 Å². The Kier molecular flexibility index (Phi) is 6.75. The molecule has 0 unspecified atom stereocenters. The van der Waals surface area contributed by atoms with Crippen LogP contribution in [0, 0.1) is 0 Å². The second kappa shape index (κ2) is 12.1. The quantitative estimate of drug-likeness (QED) is 0.180. The summed E-state index contributed by atoms with van der Waals surface area (Å²) in [5.74, 6) is 1.73. The van der Waals surface area contributed by atoms with Gasteiger partial charge in [-0.3, -0.25) is 4.98 Å². The van der Waals surface area contributed by atoms with Crippen LogP contribution in [0.15, 0.2) is 181 Å². The zero-order valence-corrected chi connectivity index (χ0v) is 28.9. The fourth-order valence-electron chi connectivity index (χ4n) is 7.73. The smallest absolute Gasteiger partial charge is 0.166 e. The molecule has 252 valence electrons. The van der Waals surface area contributed by atoms with Crippen LogP contribution in [0.4, 0.5) is 0 Å². The lowest BCUT2D eigenvalue weighted by molar-refractivity contribution is 0.668. The van der Waals surface area contributed by atoms with Crippen molar-refractivity contribution in [3.05, 3.63) is 176 Å². The number of aromatic nitrogens is 5. The normalized spacial score (nSPS) is 11.7. The van der Waals surface area contributed by atoms with Gasteiger partial charge in [-0.2, -0.15) is 0 Å². The predicted molar refractivity (Wildman–Crippen MR) is 218 cm³/mol. The molecule has 6 heteroatoms. The molecule has 0 aliphatic rings. The molecule has 0 aliphatic heterocycles. The molecule has 0 N–H and O–H groups in total. The number of benzene rings is 7. The fraction of sp³-hybridized carbons (Fsp3) is 0. The maximum absolute atomic E-state index is 6.26. The number of pyridine rings is 1. The summed E-state index contributed by atoms with van der Waals surface area (Å²) in [6.07, 6.45) is 3.59. The topological polar surface area (TPSA) is 69.6 Å². The first kappa shape index (κ1) is 30.2. The molecule has 4 aromatic heterocycles. The standard InChI is InChI=1S/C48H29N5O/c1-2-10-33-27-34(22-19-30(33)9-1)31-17-20-32(21-18-31)46-50-47(35-23-24-38-40-29-49-26-25-44(40)54-45(38)28-35)52-48(51-46)39-13-5-8-16-43(39)53-41-14-6-3-11-36(41)37-12-4-7-15-42(37)53/h1-29H. The molecule has 0 spiro atoms. The van der Waals surface area contributed by atoms with Gasteiger partial charge >= 0.3 is 0 Å². The van der Waals surface area contributed by atoms with Crippen LogP contribution in [0.5, 0.6) is 0 Å². The Morgan fingerprint density at radius 3 is 1.85 bits per heavy atom. The second-order valence-electron chi connectivity index (χ2n) is 13.5. The number of para-hydroxylation sites is 3. The average molecular weight is 692 g/mol. The molecule has 11 aromatic rings. The minimum absolute atomic E-state index is 0.561.